The predicted octanol–water partition coefficient (Wildman–Crippen LogP) is 1.66. The standard InChI is InChI=1S/C16H19N3O3S/c1-2-22-13-5-3-12(4-6-13)19-10-11(9-14(19)20)15(21)18-16-17-7-8-23-16/h3-6,11H,2,7-10H2,1H3,(H,17,18,21)/t11-/m0/s1. The average molecular weight is 333 g/mol. The molecule has 23 heavy (non-hydrogen) atoms. The van der Waals surface area contributed by atoms with Crippen LogP contribution in [0.25, 0.3) is 0 Å². The van der Waals surface area contributed by atoms with Crippen LogP contribution in [0.15, 0.2) is 29.3 Å². The van der Waals surface area contributed by atoms with E-state index in [2.05, 4.69) is 10.3 Å². The van der Waals surface area contributed by atoms with Gasteiger partial charge in [0.05, 0.1) is 19.1 Å². The van der Waals surface area contributed by atoms with Gasteiger partial charge in [0, 0.05) is 24.4 Å². The SMILES string of the molecule is CCOc1ccc(N2C[C@@H](C(=O)NC3=NCCS3)CC2=O)cc1. The maximum atomic E-state index is 12.3. The number of anilines is 1. The van der Waals surface area contributed by atoms with Gasteiger partial charge in [-0.1, -0.05) is 11.8 Å². The molecule has 7 heteroatoms. The van der Waals surface area contributed by atoms with E-state index >= 15 is 0 Å². The van der Waals surface area contributed by atoms with Crippen molar-refractivity contribution in [3.05, 3.63) is 24.3 Å². The highest BCUT2D eigenvalue weighted by molar-refractivity contribution is 8.14. The first-order valence-electron chi connectivity index (χ1n) is 7.68. The van der Waals surface area contributed by atoms with Crippen LogP contribution in [-0.2, 0) is 9.59 Å². The number of carbonyl (C=O) groups excluding carboxylic acids is 2. The molecule has 0 aliphatic carbocycles. The third-order valence-corrected chi connectivity index (χ3v) is 4.66. The third kappa shape index (κ3) is 3.67. The number of amides is 2. The van der Waals surface area contributed by atoms with Gasteiger partial charge in [-0.2, -0.15) is 0 Å². The topological polar surface area (TPSA) is 71.0 Å². The number of ether oxygens (including phenoxy) is 1. The molecule has 1 aromatic carbocycles. The molecule has 122 valence electrons. The van der Waals surface area contributed by atoms with Crippen molar-refractivity contribution in [2.75, 3.05) is 30.3 Å². The zero-order chi connectivity index (χ0) is 16.2. The van der Waals surface area contributed by atoms with Crippen molar-refractivity contribution < 1.29 is 14.3 Å². The fraction of sp³-hybridized carbons (Fsp3) is 0.438. The average Bonchev–Trinajstić information content (AvgIpc) is 3.18. The van der Waals surface area contributed by atoms with Crippen LogP contribution < -0.4 is 15.0 Å². The Morgan fingerprint density at radius 1 is 1.43 bits per heavy atom. The van der Waals surface area contributed by atoms with Gasteiger partial charge in [0.25, 0.3) is 0 Å². The summed E-state index contributed by atoms with van der Waals surface area (Å²) >= 11 is 1.54. The summed E-state index contributed by atoms with van der Waals surface area (Å²) in [4.78, 5) is 30.3. The third-order valence-electron chi connectivity index (χ3n) is 3.77. The number of thioether (sulfide) groups is 1. The summed E-state index contributed by atoms with van der Waals surface area (Å²) in [7, 11) is 0. The lowest BCUT2D eigenvalue weighted by molar-refractivity contribution is -0.125. The molecule has 2 amide bonds. The number of hydrogen-bond donors (Lipinski definition) is 1. The van der Waals surface area contributed by atoms with E-state index in [0.717, 1.165) is 23.7 Å². The van der Waals surface area contributed by atoms with Crippen LogP contribution in [0, 0.1) is 5.92 Å². The van der Waals surface area contributed by atoms with Crippen molar-refractivity contribution in [2.24, 2.45) is 10.9 Å². The first-order chi connectivity index (χ1) is 11.2. The van der Waals surface area contributed by atoms with Crippen molar-refractivity contribution in [3.63, 3.8) is 0 Å². The van der Waals surface area contributed by atoms with E-state index in [-0.39, 0.29) is 24.2 Å². The van der Waals surface area contributed by atoms with Gasteiger partial charge in [-0.05, 0) is 31.2 Å². The highest BCUT2D eigenvalue weighted by atomic mass is 32.2. The Balaban J connectivity index is 1.63. The van der Waals surface area contributed by atoms with Gasteiger partial charge >= 0.3 is 0 Å². The summed E-state index contributed by atoms with van der Waals surface area (Å²) in [6.07, 6.45) is 0.233. The molecule has 2 heterocycles. The number of nitrogens with zero attached hydrogens (tertiary/aromatic N) is 2. The molecule has 1 N–H and O–H groups in total. The summed E-state index contributed by atoms with van der Waals surface area (Å²) in [5.74, 6) is 1.18. The Morgan fingerprint density at radius 3 is 2.87 bits per heavy atom. The Morgan fingerprint density at radius 2 is 2.22 bits per heavy atom. The number of benzene rings is 1. The number of nitrogens with one attached hydrogen (secondary N) is 1. The molecule has 0 saturated carbocycles. The Hall–Kier alpha value is -2.02. The smallest absolute Gasteiger partial charge is 0.231 e. The minimum absolute atomic E-state index is 0.0321. The number of hydrogen-bond acceptors (Lipinski definition) is 5. The Labute approximate surface area is 139 Å². The molecule has 6 nitrogen and oxygen atoms in total. The molecule has 0 radical (unpaired) electrons. The second kappa shape index (κ2) is 7.04. The summed E-state index contributed by atoms with van der Waals surface area (Å²) in [5, 5.41) is 3.48. The van der Waals surface area contributed by atoms with Gasteiger partial charge in [0.15, 0.2) is 5.17 Å². The zero-order valence-electron chi connectivity index (χ0n) is 12.9. The molecule has 0 bridgehead atoms. The van der Waals surface area contributed by atoms with E-state index in [1.807, 2.05) is 31.2 Å². The molecule has 2 aliphatic heterocycles. The van der Waals surface area contributed by atoms with Crippen molar-refractivity contribution in [1.82, 2.24) is 5.32 Å². The van der Waals surface area contributed by atoms with Gasteiger partial charge in [0.1, 0.15) is 5.75 Å². The second-order valence-electron chi connectivity index (χ2n) is 5.36. The zero-order valence-corrected chi connectivity index (χ0v) is 13.8. The highest BCUT2D eigenvalue weighted by Gasteiger charge is 2.35. The summed E-state index contributed by atoms with van der Waals surface area (Å²) in [6, 6.07) is 7.37. The van der Waals surface area contributed by atoms with Gasteiger partial charge in [-0.15, -0.1) is 0 Å². The van der Waals surface area contributed by atoms with Crippen LogP contribution in [0.4, 0.5) is 5.69 Å². The molecule has 2 aliphatic rings. The van der Waals surface area contributed by atoms with Crippen LogP contribution in [-0.4, -0.2) is 42.4 Å². The first kappa shape index (κ1) is 15.9. The molecule has 0 unspecified atom stereocenters. The monoisotopic (exact) mass is 333 g/mol. The van der Waals surface area contributed by atoms with Crippen molar-refractivity contribution in [3.8, 4) is 5.75 Å². The molecular formula is C16H19N3O3S. The number of amidine groups is 1. The number of rotatable bonds is 4. The van der Waals surface area contributed by atoms with E-state index in [9.17, 15) is 9.59 Å². The molecule has 3 rings (SSSR count). The van der Waals surface area contributed by atoms with Crippen molar-refractivity contribution in [1.29, 1.82) is 0 Å². The molecule has 1 atom stereocenters. The van der Waals surface area contributed by atoms with Crippen LogP contribution >= 0.6 is 11.8 Å². The summed E-state index contributed by atoms with van der Waals surface area (Å²) in [6.45, 7) is 3.67. The van der Waals surface area contributed by atoms with E-state index in [4.69, 9.17) is 4.74 Å². The molecule has 0 aromatic heterocycles. The highest BCUT2D eigenvalue weighted by Crippen LogP contribution is 2.27. The van der Waals surface area contributed by atoms with Crippen LogP contribution in [0.3, 0.4) is 0 Å². The van der Waals surface area contributed by atoms with Gasteiger partial charge < -0.3 is 15.0 Å². The maximum absolute atomic E-state index is 12.3. The summed E-state index contributed by atoms with van der Waals surface area (Å²) < 4.78 is 5.40. The molecule has 1 aromatic rings. The van der Waals surface area contributed by atoms with Crippen LogP contribution in [0.5, 0.6) is 5.75 Å². The fourth-order valence-corrected chi connectivity index (χ4v) is 3.37. The van der Waals surface area contributed by atoms with E-state index in [1.165, 1.54) is 11.8 Å². The Bertz CT molecular complexity index is 630. The van der Waals surface area contributed by atoms with Crippen molar-refractivity contribution >= 4 is 34.4 Å². The molecule has 0 spiro atoms. The lowest BCUT2D eigenvalue weighted by Gasteiger charge is -2.17. The van der Waals surface area contributed by atoms with Crippen LogP contribution in [0.1, 0.15) is 13.3 Å². The van der Waals surface area contributed by atoms with E-state index in [0.29, 0.717) is 18.3 Å². The summed E-state index contributed by atoms with van der Waals surface area (Å²) in [5.41, 5.74) is 0.793. The number of carbonyl (C=O) groups is 2. The van der Waals surface area contributed by atoms with E-state index < -0.39 is 0 Å². The number of aliphatic imine (C=N–C) groups is 1. The van der Waals surface area contributed by atoms with E-state index in [1.54, 1.807) is 4.90 Å². The lowest BCUT2D eigenvalue weighted by atomic mass is 10.1. The molecule has 1 fully saturated rings. The second-order valence-corrected chi connectivity index (χ2v) is 6.44. The van der Waals surface area contributed by atoms with Gasteiger partial charge in [0.2, 0.25) is 11.8 Å². The minimum Gasteiger partial charge on any atom is -0.494 e. The predicted molar refractivity (Wildman–Crippen MR) is 91.0 cm³/mol. The molecular weight excluding hydrogens is 314 g/mol. The first-order valence-corrected chi connectivity index (χ1v) is 8.67. The van der Waals surface area contributed by atoms with Gasteiger partial charge in [-0.25, -0.2) is 0 Å². The van der Waals surface area contributed by atoms with Crippen molar-refractivity contribution in [2.45, 2.75) is 13.3 Å². The molecule has 1 saturated heterocycles. The fourth-order valence-electron chi connectivity index (χ4n) is 2.64. The van der Waals surface area contributed by atoms with Gasteiger partial charge in [-0.3, -0.25) is 14.6 Å². The van der Waals surface area contributed by atoms with Crippen LogP contribution in [0.2, 0.25) is 0 Å². The maximum Gasteiger partial charge on any atom is 0.231 e. The lowest BCUT2D eigenvalue weighted by Crippen LogP contribution is -2.35. The minimum atomic E-state index is -0.335. The largest absolute Gasteiger partial charge is 0.494 e. The quantitative estimate of drug-likeness (QED) is 0.910. The Kier molecular flexibility index (Phi) is 4.85. The normalized spacial score (nSPS) is 20.6.